The Morgan fingerprint density at radius 1 is 0.654 bits per heavy atom. The van der Waals surface area contributed by atoms with Crippen molar-refractivity contribution in [1.29, 1.82) is 0 Å². The van der Waals surface area contributed by atoms with Gasteiger partial charge in [0.1, 0.15) is 48.3 Å². The van der Waals surface area contributed by atoms with Crippen molar-refractivity contribution in [2.24, 2.45) is 51.6 Å². The third-order valence-corrected chi connectivity index (χ3v) is 15.4. The summed E-state index contributed by atoms with van der Waals surface area (Å²) in [5.74, 6) is -22.9. The zero-order valence-corrected chi connectivity index (χ0v) is 59.7. The normalized spacial score (nSPS) is 22.5. The molecule has 43 heteroatoms. The van der Waals surface area contributed by atoms with Gasteiger partial charge < -0.3 is 111 Å². The van der Waals surface area contributed by atoms with Crippen molar-refractivity contribution in [3.63, 3.8) is 0 Å². The standard InChI is InChI=1S/C60H94N16O17.2C2HF3O2/c1-10-31(8)41-55(88)74-42(32(9)78)54(87)67-26-40(79)72-44(47(81)49(62)82)57(90)71-39(27-77)59(92)93-48(34-17-12-11-13-18-34)45(76-53(86)38(23-29(4)5)69-50(83)35(61)24-33-16-14-20-65-25-33)58(91)75-43(46(80)30(6)7)56(89)70-37(22-28(2)3)52(85)68-36(51(84)73-41)19-15-21-66-60(63)64;2*3-2(4,5)1(6)7/h11-14,16-18,20,25,28-32,35-39,41-48,77-78,80-81H,10,15,19,21-24,26-27,61H2,1-9H3,(H2,62,82)(H,67,87)(H,68,85)(H,69,83)(H,70,89)(H,71,90)(H,72,79)(H,73,84)(H,74,88)(H,75,91)(H,76,86)(H4,63,64,66);2*(H,6,7)/t31-,32-,35+,36+,37-,38-,39-,41?,42?,43-,44-,45-,46+,47-,48+;;/m0../s1. The van der Waals surface area contributed by atoms with Gasteiger partial charge >= 0.3 is 30.3 Å². The number of ether oxygens (including phenoxy) is 1. The van der Waals surface area contributed by atoms with E-state index in [2.05, 4.69) is 52.5 Å². The Morgan fingerprint density at radius 3 is 1.66 bits per heavy atom. The average molecular weight is 1540 g/mol. The van der Waals surface area contributed by atoms with Crippen LogP contribution in [0.5, 0.6) is 0 Å². The Labute approximate surface area is 609 Å². The van der Waals surface area contributed by atoms with Crippen molar-refractivity contribution in [1.82, 2.24) is 58.2 Å². The first-order valence-electron chi connectivity index (χ1n) is 33.1. The van der Waals surface area contributed by atoms with Crippen LogP contribution < -0.4 is 76.1 Å². The number of carboxylic acid groups (broad SMARTS) is 2. The fraction of sp³-hybridized carbons (Fsp3) is 0.594. The van der Waals surface area contributed by atoms with Gasteiger partial charge in [0, 0.05) is 18.9 Å². The summed E-state index contributed by atoms with van der Waals surface area (Å²) in [6, 6.07) is -7.77. The number of primary amides is 1. The molecule has 11 amide bonds. The van der Waals surface area contributed by atoms with E-state index in [-0.39, 0.29) is 62.5 Å². The molecule has 2 aromatic rings. The number of carboxylic acids is 2. The zero-order valence-electron chi connectivity index (χ0n) is 59.7. The number of aliphatic hydroxyl groups is 4. The number of hydrogen-bond acceptors (Lipinski definition) is 22. The fourth-order valence-corrected chi connectivity index (χ4v) is 9.50. The van der Waals surface area contributed by atoms with Crippen molar-refractivity contribution in [3.05, 3.63) is 66.0 Å². The third kappa shape index (κ3) is 33.7. The molecule has 107 heavy (non-hydrogen) atoms. The molecule has 600 valence electrons. The number of amides is 11. The van der Waals surface area contributed by atoms with Crippen LogP contribution in [0.15, 0.2) is 59.9 Å². The van der Waals surface area contributed by atoms with Gasteiger partial charge in [-0.2, -0.15) is 26.3 Å². The molecule has 1 aliphatic heterocycles. The Kier molecular flexibility index (Phi) is 40.0. The van der Waals surface area contributed by atoms with E-state index in [0.29, 0.717) is 5.56 Å². The molecule has 1 saturated heterocycles. The molecular weight excluding hydrogens is 1440 g/mol. The quantitative estimate of drug-likeness (QED) is 0.0164. The van der Waals surface area contributed by atoms with Gasteiger partial charge in [0.15, 0.2) is 24.2 Å². The molecule has 1 fully saturated rings. The van der Waals surface area contributed by atoms with Crippen LogP contribution in [0, 0.1) is 23.7 Å². The number of esters is 1. The van der Waals surface area contributed by atoms with Crippen LogP contribution in [0.25, 0.3) is 0 Å². The number of alkyl halides is 6. The number of guanidine groups is 1. The first-order chi connectivity index (χ1) is 49.6. The minimum atomic E-state index is -5.08. The number of rotatable bonds is 23. The number of aliphatic hydroxyl groups excluding tert-OH is 4. The van der Waals surface area contributed by atoms with Gasteiger partial charge in [-0.25, -0.2) is 14.4 Å². The number of aromatic nitrogens is 1. The van der Waals surface area contributed by atoms with Crippen LogP contribution >= 0.6 is 0 Å². The molecule has 24 N–H and O–H groups in total. The predicted octanol–water partition coefficient (Wildman–Crippen LogP) is -4.58. The molecule has 2 unspecified atom stereocenters. The first kappa shape index (κ1) is 94.6. The van der Waals surface area contributed by atoms with E-state index in [1.165, 1.54) is 56.6 Å². The monoisotopic (exact) mass is 1540 g/mol. The Morgan fingerprint density at radius 2 is 1.18 bits per heavy atom. The number of cyclic esters (lactones) is 1. The summed E-state index contributed by atoms with van der Waals surface area (Å²) in [5, 5.41) is 82.4. The number of hydrogen-bond donors (Lipinski definition) is 20. The molecule has 15 atom stereocenters. The third-order valence-electron chi connectivity index (χ3n) is 15.4. The van der Waals surface area contributed by atoms with Gasteiger partial charge in [0.2, 0.25) is 65.0 Å². The summed E-state index contributed by atoms with van der Waals surface area (Å²) in [4.78, 5) is 196. The molecule has 37 nitrogen and oxygen atoms in total. The molecule has 0 bridgehead atoms. The molecular formula is C64H96F6N16O21. The molecule has 0 aliphatic carbocycles. The van der Waals surface area contributed by atoms with Gasteiger partial charge in [0.25, 0.3) is 0 Å². The Hall–Kier alpha value is -10.4. The topological polar surface area (TPSA) is 619 Å². The number of aliphatic carboxylic acids is 2. The van der Waals surface area contributed by atoms with Crippen LogP contribution in [-0.2, 0) is 78.3 Å². The summed E-state index contributed by atoms with van der Waals surface area (Å²) in [5.41, 5.74) is 23.3. The maximum Gasteiger partial charge on any atom is 0.490 e. The SMILES string of the molecule is CC[C@H](C)C1NC(=O)[C@@H](CCCN=C(N)N)NC(=O)[C@H](CC(C)C)NC(=O)[C@H]([C@H](O)C(C)C)NC(=O)[C@@H](NC(=O)[C@H](CC(C)C)NC(=O)[C@H](N)Cc2cccnc2)[C@@H](c2ccccc2)OC(=O)[C@H](CO)NC(=O)[C@H]([C@H](O)C(N)=O)NC(=O)CNC(=O)C([C@H](C)O)NC1=O.O=C(O)C(F)(F)F.O=C(O)C(F)(F)F. The highest BCUT2D eigenvalue weighted by molar-refractivity contribution is 6.00. The fourth-order valence-electron chi connectivity index (χ4n) is 9.50. The van der Waals surface area contributed by atoms with Crippen LogP contribution in [0.2, 0.25) is 0 Å². The highest BCUT2D eigenvalue weighted by Gasteiger charge is 2.45. The van der Waals surface area contributed by atoms with E-state index in [0.717, 1.165) is 6.92 Å². The number of halogens is 6. The van der Waals surface area contributed by atoms with Gasteiger partial charge in [0.05, 0.1) is 31.4 Å². The Balaban J connectivity index is 0.00000369. The molecule has 0 spiro atoms. The second-order valence-electron chi connectivity index (χ2n) is 25.6. The van der Waals surface area contributed by atoms with Crippen molar-refractivity contribution in [3.8, 4) is 0 Å². The predicted molar refractivity (Wildman–Crippen MR) is 362 cm³/mol. The highest BCUT2D eigenvalue weighted by atomic mass is 19.4. The number of nitrogens with one attached hydrogen (secondary N) is 10. The van der Waals surface area contributed by atoms with E-state index < -0.39 is 211 Å². The number of carbonyl (C=O) groups excluding carboxylic acids is 12. The lowest BCUT2D eigenvalue weighted by Gasteiger charge is -2.33. The number of nitrogens with zero attached hydrogens (tertiary/aromatic N) is 2. The van der Waals surface area contributed by atoms with Crippen LogP contribution in [0.1, 0.15) is 112 Å². The molecule has 0 radical (unpaired) electrons. The van der Waals surface area contributed by atoms with E-state index in [1.807, 2.05) is 10.6 Å². The molecule has 1 aromatic carbocycles. The molecule has 2 heterocycles. The summed E-state index contributed by atoms with van der Waals surface area (Å²) in [6.07, 6.45) is -15.5. The van der Waals surface area contributed by atoms with Gasteiger partial charge in [-0.1, -0.05) is 98.2 Å². The number of benzene rings is 1. The van der Waals surface area contributed by atoms with Gasteiger partial charge in [-0.15, -0.1) is 0 Å². The van der Waals surface area contributed by atoms with E-state index >= 15 is 4.79 Å². The lowest BCUT2D eigenvalue weighted by Crippen LogP contribution is -2.64. The summed E-state index contributed by atoms with van der Waals surface area (Å²) in [6.45, 7) is 11.6. The lowest BCUT2D eigenvalue weighted by molar-refractivity contribution is -0.193. The summed E-state index contributed by atoms with van der Waals surface area (Å²) >= 11 is 0. The van der Waals surface area contributed by atoms with Gasteiger partial charge in [-0.05, 0) is 79.9 Å². The minimum Gasteiger partial charge on any atom is -0.475 e. The summed E-state index contributed by atoms with van der Waals surface area (Å²) < 4.78 is 69.4. The lowest BCUT2D eigenvalue weighted by atomic mass is 9.95. The summed E-state index contributed by atoms with van der Waals surface area (Å²) in [7, 11) is 0. The van der Waals surface area contributed by atoms with Crippen molar-refractivity contribution >= 4 is 88.8 Å². The second kappa shape index (κ2) is 45.2. The maximum atomic E-state index is 15.4. The average Bonchev–Trinajstić information content (AvgIpc) is 0.814. The molecule has 3 rings (SSSR count). The molecule has 0 saturated carbocycles. The zero-order chi connectivity index (χ0) is 82.1. The number of carbonyl (C=O) groups is 14. The Bertz CT molecular complexity index is 3330. The largest absolute Gasteiger partial charge is 0.490 e. The first-order valence-corrected chi connectivity index (χ1v) is 33.1. The number of nitrogens with two attached hydrogens (primary N) is 4. The minimum absolute atomic E-state index is 0.0237. The number of aliphatic imine (C=N–C) groups is 1. The van der Waals surface area contributed by atoms with Crippen LogP contribution in [-0.4, -0.2) is 235 Å². The van der Waals surface area contributed by atoms with Crippen molar-refractivity contribution in [2.45, 2.75) is 198 Å². The van der Waals surface area contributed by atoms with E-state index in [9.17, 15) is 99.5 Å². The second-order valence-corrected chi connectivity index (χ2v) is 25.6. The van der Waals surface area contributed by atoms with Crippen molar-refractivity contribution < 1.29 is 129 Å². The van der Waals surface area contributed by atoms with Gasteiger partial charge in [-0.3, -0.25) is 62.7 Å². The number of pyridine rings is 1. The van der Waals surface area contributed by atoms with E-state index in [1.54, 1.807) is 53.7 Å². The molecule has 1 aromatic heterocycles. The highest BCUT2D eigenvalue weighted by Crippen LogP contribution is 2.25. The maximum absolute atomic E-state index is 15.4. The van der Waals surface area contributed by atoms with Crippen LogP contribution in [0.3, 0.4) is 0 Å². The van der Waals surface area contributed by atoms with Crippen LogP contribution in [0.4, 0.5) is 26.3 Å². The molecule has 1 aliphatic rings. The van der Waals surface area contributed by atoms with Crippen molar-refractivity contribution in [2.75, 3.05) is 19.7 Å². The van der Waals surface area contributed by atoms with E-state index in [4.69, 9.17) is 47.5 Å². The smallest absolute Gasteiger partial charge is 0.475 e.